The predicted octanol–water partition coefficient (Wildman–Crippen LogP) is 3.27. The third-order valence-corrected chi connectivity index (χ3v) is 3.61. The molecule has 2 atom stereocenters. The van der Waals surface area contributed by atoms with Crippen LogP contribution in [0.5, 0.6) is 5.75 Å². The summed E-state index contributed by atoms with van der Waals surface area (Å²) in [5.74, 6) is -0.347. The fourth-order valence-corrected chi connectivity index (χ4v) is 2.23. The van der Waals surface area contributed by atoms with Gasteiger partial charge in [0.05, 0.1) is 13.0 Å². The molecule has 1 aromatic carbocycles. The van der Waals surface area contributed by atoms with Gasteiger partial charge in [-0.05, 0) is 51.8 Å². The summed E-state index contributed by atoms with van der Waals surface area (Å²) < 4.78 is 10.5. The van der Waals surface area contributed by atoms with E-state index in [0.717, 1.165) is 0 Å². The molecule has 4 heteroatoms. The van der Waals surface area contributed by atoms with E-state index >= 15 is 0 Å². The van der Waals surface area contributed by atoms with Gasteiger partial charge in [-0.15, -0.1) is 0 Å². The normalized spacial score (nSPS) is 16.0. The van der Waals surface area contributed by atoms with Crippen molar-refractivity contribution in [2.45, 2.75) is 52.2 Å². The van der Waals surface area contributed by atoms with Gasteiger partial charge in [0.2, 0.25) is 0 Å². The lowest BCUT2D eigenvalue weighted by atomic mass is 9.80. The van der Waals surface area contributed by atoms with Gasteiger partial charge in [-0.1, -0.05) is 19.1 Å². The standard InChI is InChI=1S/C17H26O4/c1-7-17(19,12(2)15(18)21-16(3,4)5)13-8-10-14(20-6)11-9-13/h8-12,19H,7H2,1-6H3. The van der Waals surface area contributed by atoms with Crippen LogP contribution in [-0.4, -0.2) is 23.8 Å². The number of carbonyl (C=O) groups excluding carboxylic acids is 1. The van der Waals surface area contributed by atoms with Crippen molar-refractivity contribution in [2.24, 2.45) is 5.92 Å². The minimum Gasteiger partial charge on any atom is -0.497 e. The minimum absolute atomic E-state index is 0.400. The molecule has 1 aromatic rings. The summed E-state index contributed by atoms with van der Waals surface area (Å²) in [7, 11) is 1.59. The number of rotatable bonds is 5. The summed E-state index contributed by atoms with van der Waals surface area (Å²) in [5.41, 5.74) is -1.14. The molecule has 0 aliphatic heterocycles. The lowest BCUT2D eigenvalue weighted by molar-refractivity contribution is -0.170. The average Bonchev–Trinajstić information content (AvgIpc) is 2.44. The van der Waals surface area contributed by atoms with Crippen LogP contribution in [0.3, 0.4) is 0 Å². The van der Waals surface area contributed by atoms with Crippen molar-refractivity contribution in [3.63, 3.8) is 0 Å². The SMILES string of the molecule is CCC(O)(c1ccc(OC)cc1)C(C)C(=O)OC(C)(C)C. The summed E-state index contributed by atoms with van der Waals surface area (Å²) >= 11 is 0. The lowest BCUT2D eigenvalue weighted by Crippen LogP contribution is -2.41. The molecule has 2 unspecified atom stereocenters. The third-order valence-electron chi connectivity index (χ3n) is 3.61. The van der Waals surface area contributed by atoms with E-state index in [2.05, 4.69) is 0 Å². The molecule has 0 aliphatic rings. The van der Waals surface area contributed by atoms with Crippen LogP contribution in [0, 0.1) is 5.92 Å². The number of esters is 1. The first-order chi connectivity index (χ1) is 9.64. The van der Waals surface area contributed by atoms with E-state index in [1.54, 1.807) is 38.3 Å². The van der Waals surface area contributed by atoms with Gasteiger partial charge >= 0.3 is 5.97 Å². The molecule has 4 nitrogen and oxygen atoms in total. The van der Waals surface area contributed by atoms with Gasteiger partial charge in [0, 0.05) is 0 Å². The van der Waals surface area contributed by atoms with Crippen LogP contribution in [0.15, 0.2) is 24.3 Å². The zero-order valence-electron chi connectivity index (χ0n) is 13.8. The number of aliphatic hydroxyl groups is 1. The summed E-state index contributed by atoms with van der Waals surface area (Å²) in [6, 6.07) is 7.11. The molecule has 0 spiro atoms. The van der Waals surface area contributed by atoms with Crippen molar-refractivity contribution in [1.82, 2.24) is 0 Å². The molecular weight excluding hydrogens is 268 g/mol. The second-order valence-corrected chi connectivity index (χ2v) is 6.26. The van der Waals surface area contributed by atoms with E-state index in [4.69, 9.17) is 9.47 Å². The fraction of sp³-hybridized carbons (Fsp3) is 0.588. The van der Waals surface area contributed by atoms with Crippen molar-refractivity contribution in [1.29, 1.82) is 0 Å². The molecule has 0 bridgehead atoms. The molecule has 21 heavy (non-hydrogen) atoms. The number of hydrogen-bond acceptors (Lipinski definition) is 4. The fourth-order valence-electron chi connectivity index (χ4n) is 2.23. The Morgan fingerprint density at radius 3 is 2.14 bits per heavy atom. The van der Waals surface area contributed by atoms with Crippen molar-refractivity contribution < 1.29 is 19.4 Å². The van der Waals surface area contributed by atoms with Crippen LogP contribution >= 0.6 is 0 Å². The zero-order valence-corrected chi connectivity index (χ0v) is 13.8. The van der Waals surface area contributed by atoms with Crippen LogP contribution < -0.4 is 4.74 Å². The topological polar surface area (TPSA) is 55.8 Å². The van der Waals surface area contributed by atoms with E-state index in [1.807, 2.05) is 27.7 Å². The Hall–Kier alpha value is -1.55. The molecule has 0 amide bonds. The van der Waals surface area contributed by atoms with E-state index < -0.39 is 23.1 Å². The quantitative estimate of drug-likeness (QED) is 0.847. The Labute approximate surface area is 127 Å². The van der Waals surface area contributed by atoms with Crippen LogP contribution in [-0.2, 0) is 15.1 Å². The molecule has 0 fully saturated rings. The highest BCUT2D eigenvalue weighted by atomic mass is 16.6. The smallest absolute Gasteiger partial charge is 0.312 e. The molecule has 0 aromatic heterocycles. The Morgan fingerprint density at radius 2 is 1.76 bits per heavy atom. The first-order valence-electron chi connectivity index (χ1n) is 7.24. The molecule has 0 radical (unpaired) electrons. The molecule has 118 valence electrons. The predicted molar refractivity (Wildman–Crippen MR) is 82.2 cm³/mol. The second-order valence-electron chi connectivity index (χ2n) is 6.26. The molecule has 1 rings (SSSR count). The van der Waals surface area contributed by atoms with Crippen molar-refractivity contribution in [3.05, 3.63) is 29.8 Å². The number of benzene rings is 1. The Bertz CT molecular complexity index is 473. The lowest BCUT2D eigenvalue weighted by Gasteiger charge is -2.34. The number of ether oxygens (including phenoxy) is 2. The molecule has 0 saturated heterocycles. The first kappa shape index (κ1) is 17.5. The van der Waals surface area contributed by atoms with E-state index in [-0.39, 0.29) is 0 Å². The second kappa shape index (κ2) is 6.48. The van der Waals surface area contributed by atoms with Gasteiger partial charge in [-0.25, -0.2) is 0 Å². The summed E-state index contributed by atoms with van der Waals surface area (Å²) in [6.07, 6.45) is 0.416. The van der Waals surface area contributed by atoms with Gasteiger partial charge in [-0.2, -0.15) is 0 Å². The first-order valence-corrected chi connectivity index (χ1v) is 7.24. The highest BCUT2D eigenvalue weighted by molar-refractivity contribution is 5.74. The Morgan fingerprint density at radius 1 is 1.24 bits per heavy atom. The summed E-state index contributed by atoms with van der Waals surface area (Å²) in [4.78, 5) is 12.3. The van der Waals surface area contributed by atoms with Crippen molar-refractivity contribution in [3.8, 4) is 5.75 Å². The molecule has 1 N–H and O–H groups in total. The van der Waals surface area contributed by atoms with Gasteiger partial charge in [0.25, 0.3) is 0 Å². The molecular formula is C17H26O4. The molecule has 0 aliphatic carbocycles. The Kier molecular flexibility index (Phi) is 5.40. The molecule has 0 saturated carbocycles. The van der Waals surface area contributed by atoms with Gasteiger partial charge in [-0.3, -0.25) is 4.79 Å². The van der Waals surface area contributed by atoms with Crippen LogP contribution in [0.25, 0.3) is 0 Å². The summed E-state index contributed by atoms with van der Waals surface area (Å²) in [6.45, 7) is 8.99. The summed E-state index contributed by atoms with van der Waals surface area (Å²) in [5, 5.41) is 10.9. The minimum atomic E-state index is -1.26. The monoisotopic (exact) mass is 294 g/mol. The van der Waals surface area contributed by atoms with E-state index in [9.17, 15) is 9.90 Å². The molecule has 0 heterocycles. The highest BCUT2D eigenvalue weighted by Gasteiger charge is 2.40. The average molecular weight is 294 g/mol. The zero-order chi connectivity index (χ0) is 16.3. The number of hydrogen-bond donors (Lipinski definition) is 1. The van der Waals surface area contributed by atoms with Crippen molar-refractivity contribution in [2.75, 3.05) is 7.11 Å². The van der Waals surface area contributed by atoms with E-state index in [1.165, 1.54) is 0 Å². The van der Waals surface area contributed by atoms with Crippen LogP contribution in [0.2, 0.25) is 0 Å². The van der Waals surface area contributed by atoms with Crippen LogP contribution in [0.1, 0.15) is 46.6 Å². The van der Waals surface area contributed by atoms with Crippen LogP contribution in [0.4, 0.5) is 0 Å². The maximum absolute atomic E-state index is 12.3. The Balaban J connectivity index is 3.04. The highest BCUT2D eigenvalue weighted by Crippen LogP contribution is 2.35. The van der Waals surface area contributed by atoms with Gasteiger partial charge in [0.1, 0.15) is 17.0 Å². The number of carbonyl (C=O) groups is 1. The van der Waals surface area contributed by atoms with Gasteiger partial charge in [0.15, 0.2) is 0 Å². The van der Waals surface area contributed by atoms with Crippen molar-refractivity contribution >= 4 is 5.97 Å². The number of methoxy groups -OCH3 is 1. The van der Waals surface area contributed by atoms with Gasteiger partial charge < -0.3 is 14.6 Å². The maximum Gasteiger partial charge on any atom is 0.312 e. The largest absolute Gasteiger partial charge is 0.497 e. The third kappa shape index (κ3) is 4.21. The van der Waals surface area contributed by atoms with E-state index in [0.29, 0.717) is 17.7 Å². The maximum atomic E-state index is 12.3.